The van der Waals surface area contributed by atoms with Crippen molar-refractivity contribution in [2.45, 2.75) is 0 Å². The monoisotopic (exact) mass is 288 g/mol. The third-order valence-corrected chi connectivity index (χ3v) is 3.11. The number of hydrogen-bond donors (Lipinski definition) is 2. The molecule has 3 N–H and O–H groups in total. The first-order valence-electron chi connectivity index (χ1n) is 5.74. The quantitative estimate of drug-likeness (QED) is 0.429. The molecule has 6 heteroatoms. The molecule has 20 heavy (non-hydrogen) atoms. The van der Waals surface area contributed by atoms with Gasteiger partial charge in [0.15, 0.2) is 5.58 Å². The minimum Gasteiger partial charge on any atom is -0.506 e. The normalized spacial score (nSPS) is 10.8. The lowest BCUT2D eigenvalue weighted by Crippen LogP contribution is -1.87. The highest BCUT2D eigenvalue weighted by atomic mass is 35.5. The summed E-state index contributed by atoms with van der Waals surface area (Å²) < 4.78 is 5.55. The second-order valence-corrected chi connectivity index (χ2v) is 4.59. The van der Waals surface area contributed by atoms with Crippen LogP contribution < -0.4 is 5.73 Å². The Morgan fingerprint density at radius 3 is 2.60 bits per heavy atom. The van der Waals surface area contributed by atoms with Crippen molar-refractivity contribution in [2.75, 3.05) is 5.73 Å². The van der Waals surface area contributed by atoms with Crippen molar-refractivity contribution in [3.05, 3.63) is 42.0 Å². The van der Waals surface area contributed by atoms with Gasteiger partial charge in [0.05, 0.1) is 5.69 Å². The summed E-state index contributed by atoms with van der Waals surface area (Å²) in [6, 6.07) is 9.50. The van der Waals surface area contributed by atoms with Crippen LogP contribution in [-0.2, 0) is 0 Å². The molecule has 0 bridgehead atoms. The van der Waals surface area contributed by atoms with Crippen LogP contribution in [0.4, 0.5) is 5.69 Å². The van der Waals surface area contributed by atoms with Gasteiger partial charge in [0.2, 0.25) is 5.89 Å². The molecule has 5 nitrogen and oxygen atoms in total. The topological polar surface area (TPSA) is 89.4 Å². The third kappa shape index (κ3) is 2.08. The first-order chi connectivity index (χ1) is 9.54. The van der Waals surface area contributed by atoms with E-state index in [4.69, 9.17) is 21.8 Å². The summed E-state index contributed by atoms with van der Waals surface area (Å²) in [5.41, 5.74) is 7.92. The molecule has 1 aromatic heterocycles. The van der Waals surface area contributed by atoms with Crippen LogP contribution in [0, 0.1) is 0 Å². The lowest BCUT2D eigenvalue weighted by molar-refractivity contribution is 0.108. The summed E-state index contributed by atoms with van der Waals surface area (Å²) in [5.74, 6) is 0.321. The number of benzene rings is 2. The largest absolute Gasteiger partial charge is 0.506 e. The SMILES string of the molecule is Nc1cc2nc(-c3ccc(C(=O)Cl)cc3)oc2cc1O. The standard InChI is InChI=1S/C14H9ClN2O3/c15-13(19)7-1-3-8(4-2-7)14-17-10-5-9(16)11(18)6-12(10)20-14/h1-6,18H,16H2. The van der Waals surface area contributed by atoms with Gasteiger partial charge in [-0.3, -0.25) is 4.79 Å². The summed E-state index contributed by atoms with van der Waals surface area (Å²) in [6.07, 6.45) is 0. The maximum absolute atomic E-state index is 11.0. The molecule has 0 unspecified atom stereocenters. The lowest BCUT2D eigenvalue weighted by Gasteiger charge is -1.96. The van der Waals surface area contributed by atoms with Gasteiger partial charge in [-0.2, -0.15) is 0 Å². The number of anilines is 1. The molecule has 0 saturated heterocycles. The number of phenols is 1. The molecule has 0 aliphatic carbocycles. The fourth-order valence-corrected chi connectivity index (χ4v) is 1.97. The van der Waals surface area contributed by atoms with Crippen molar-refractivity contribution < 1.29 is 14.3 Å². The molecule has 0 atom stereocenters. The number of nitrogen functional groups attached to an aromatic ring is 1. The number of carbonyl (C=O) groups is 1. The van der Waals surface area contributed by atoms with Gasteiger partial charge in [0.25, 0.3) is 5.24 Å². The number of rotatable bonds is 2. The number of phenolic OH excluding ortho intramolecular Hbond substituents is 1. The van der Waals surface area contributed by atoms with Crippen molar-refractivity contribution in [2.24, 2.45) is 0 Å². The van der Waals surface area contributed by atoms with E-state index >= 15 is 0 Å². The highest BCUT2D eigenvalue weighted by Crippen LogP contribution is 2.30. The van der Waals surface area contributed by atoms with E-state index in [1.807, 2.05) is 0 Å². The van der Waals surface area contributed by atoms with Gasteiger partial charge < -0.3 is 15.3 Å². The Kier molecular flexibility index (Phi) is 2.84. The minimum atomic E-state index is -0.521. The molecule has 0 spiro atoms. The van der Waals surface area contributed by atoms with Gasteiger partial charge >= 0.3 is 0 Å². The highest BCUT2D eigenvalue weighted by molar-refractivity contribution is 6.67. The van der Waals surface area contributed by atoms with Crippen LogP contribution in [0.2, 0.25) is 0 Å². The van der Waals surface area contributed by atoms with Gasteiger partial charge in [-0.25, -0.2) is 4.98 Å². The van der Waals surface area contributed by atoms with Gasteiger partial charge in [-0.15, -0.1) is 0 Å². The highest BCUT2D eigenvalue weighted by Gasteiger charge is 2.11. The molecule has 0 fully saturated rings. The van der Waals surface area contributed by atoms with E-state index in [0.29, 0.717) is 28.1 Å². The van der Waals surface area contributed by atoms with Crippen LogP contribution in [0.3, 0.4) is 0 Å². The molecular weight excluding hydrogens is 280 g/mol. The van der Waals surface area contributed by atoms with E-state index in [1.165, 1.54) is 12.1 Å². The van der Waals surface area contributed by atoms with Crippen molar-refractivity contribution in [3.8, 4) is 17.2 Å². The molecule has 3 aromatic rings. The average molecular weight is 289 g/mol. The molecule has 0 aliphatic heterocycles. The predicted molar refractivity (Wildman–Crippen MR) is 75.7 cm³/mol. The second kappa shape index (κ2) is 4.54. The lowest BCUT2D eigenvalue weighted by atomic mass is 10.1. The Morgan fingerprint density at radius 2 is 1.95 bits per heavy atom. The van der Waals surface area contributed by atoms with Gasteiger partial charge in [0.1, 0.15) is 11.3 Å². The van der Waals surface area contributed by atoms with Crippen LogP contribution in [0.1, 0.15) is 10.4 Å². The van der Waals surface area contributed by atoms with Crippen LogP contribution in [0.5, 0.6) is 5.75 Å². The van der Waals surface area contributed by atoms with E-state index in [-0.39, 0.29) is 11.4 Å². The van der Waals surface area contributed by atoms with E-state index in [0.717, 1.165) is 0 Å². The summed E-state index contributed by atoms with van der Waals surface area (Å²) in [7, 11) is 0. The number of fused-ring (bicyclic) bond motifs is 1. The van der Waals surface area contributed by atoms with Crippen molar-refractivity contribution in [1.82, 2.24) is 4.98 Å². The van der Waals surface area contributed by atoms with Gasteiger partial charge in [-0.05, 0) is 41.9 Å². The van der Waals surface area contributed by atoms with E-state index in [9.17, 15) is 9.90 Å². The Labute approximate surface area is 118 Å². The van der Waals surface area contributed by atoms with Crippen LogP contribution in [0.15, 0.2) is 40.8 Å². The minimum absolute atomic E-state index is 0.0525. The van der Waals surface area contributed by atoms with E-state index < -0.39 is 5.24 Å². The first kappa shape index (κ1) is 12.5. The zero-order chi connectivity index (χ0) is 14.3. The van der Waals surface area contributed by atoms with Gasteiger partial charge in [-0.1, -0.05) is 0 Å². The number of aromatic hydroxyl groups is 1. The predicted octanol–water partition coefficient (Wildman–Crippen LogP) is 3.16. The molecule has 0 saturated carbocycles. The maximum Gasteiger partial charge on any atom is 0.252 e. The summed E-state index contributed by atoms with van der Waals surface area (Å²) in [6.45, 7) is 0. The zero-order valence-corrected chi connectivity index (χ0v) is 10.9. The Morgan fingerprint density at radius 1 is 1.25 bits per heavy atom. The Hall–Kier alpha value is -2.53. The fourth-order valence-electron chi connectivity index (χ4n) is 1.85. The summed E-state index contributed by atoms with van der Waals surface area (Å²) in [4.78, 5) is 15.3. The van der Waals surface area contributed by atoms with Crippen molar-refractivity contribution in [3.63, 3.8) is 0 Å². The molecule has 0 radical (unpaired) electrons. The van der Waals surface area contributed by atoms with Crippen LogP contribution in [0.25, 0.3) is 22.6 Å². The fraction of sp³-hybridized carbons (Fsp3) is 0. The Balaban J connectivity index is 2.07. The maximum atomic E-state index is 11.0. The summed E-state index contributed by atoms with van der Waals surface area (Å²) >= 11 is 5.38. The number of halogens is 1. The molecule has 2 aromatic carbocycles. The molecule has 1 heterocycles. The second-order valence-electron chi connectivity index (χ2n) is 4.25. The molecule has 0 amide bonds. The number of carbonyl (C=O) groups excluding carboxylic acids is 1. The van der Waals surface area contributed by atoms with E-state index in [1.54, 1.807) is 24.3 Å². The average Bonchev–Trinajstić information content (AvgIpc) is 2.82. The molecule has 3 rings (SSSR count). The van der Waals surface area contributed by atoms with Crippen molar-refractivity contribution in [1.29, 1.82) is 0 Å². The molecule has 0 aliphatic rings. The van der Waals surface area contributed by atoms with Crippen LogP contribution >= 0.6 is 11.6 Å². The first-order valence-corrected chi connectivity index (χ1v) is 6.11. The Bertz CT molecular complexity index is 770. The zero-order valence-electron chi connectivity index (χ0n) is 10.1. The number of nitrogens with zero attached hydrogens (tertiary/aromatic N) is 1. The van der Waals surface area contributed by atoms with E-state index in [2.05, 4.69) is 4.98 Å². The molecule has 100 valence electrons. The smallest absolute Gasteiger partial charge is 0.252 e. The summed E-state index contributed by atoms with van der Waals surface area (Å²) in [5, 5.41) is 9.01. The molecular formula is C14H9ClN2O3. The number of hydrogen-bond acceptors (Lipinski definition) is 5. The number of nitrogens with two attached hydrogens (primary N) is 1. The van der Waals surface area contributed by atoms with Crippen LogP contribution in [-0.4, -0.2) is 15.3 Å². The van der Waals surface area contributed by atoms with Gasteiger partial charge in [0, 0.05) is 17.2 Å². The third-order valence-electron chi connectivity index (χ3n) is 2.90. The number of aromatic nitrogens is 1. The van der Waals surface area contributed by atoms with Crippen molar-refractivity contribution >= 4 is 33.6 Å². The number of oxazole rings is 1.